The van der Waals surface area contributed by atoms with E-state index in [1.54, 1.807) is 24.5 Å². The molecule has 0 aliphatic carbocycles. The second-order valence-electron chi connectivity index (χ2n) is 7.45. The Morgan fingerprint density at radius 1 is 0.688 bits per heavy atom. The average molecular weight is 421 g/mol. The minimum Gasteiger partial charge on any atom is -0.438 e. The number of nitro groups is 1. The van der Waals surface area contributed by atoms with Crippen molar-refractivity contribution in [2.75, 3.05) is 0 Å². The quantitative estimate of drug-likeness (QED) is 0.221. The van der Waals surface area contributed by atoms with Crippen molar-refractivity contribution in [3.05, 3.63) is 112 Å². The molecule has 0 saturated carbocycles. The van der Waals surface area contributed by atoms with Crippen LogP contribution in [0.5, 0.6) is 11.5 Å². The van der Waals surface area contributed by atoms with E-state index in [0.717, 1.165) is 16.3 Å². The number of nitro benzene ring substituents is 1. The Balaban J connectivity index is 1.64. The van der Waals surface area contributed by atoms with Crippen LogP contribution in [0.1, 0.15) is 11.1 Å². The largest absolute Gasteiger partial charge is 0.438 e. The van der Waals surface area contributed by atoms with Crippen LogP contribution in [0.4, 0.5) is 5.69 Å². The molecule has 154 valence electrons. The van der Waals surface area contributed by atoms with Crippen LogP contribution < -0.4 is 9.47 Å². The molecule has 0 spiro atoms. The number of hydrogen-bond donors (Lipinski definition) is 0. The van der Waals surface area contributed by atoms with Crippen molar-refractivity contribution in [3.63, 3.8) is 0 Å². The van der Waals surface area contributed by atoms with Crippen molar-refractivity contribution >= 4 is 27.5 Å². The lowest BCUT2D eigenvalue weighted by Crippen LogP contribution is -2.36. The summed E-state index contributed by atoms with van der Waals surface area (Å²) in [6, 6.07) is 23.4. The van der Waals surface area contributed by atoms with E-state index in [9.17, 15) is 10.1 Å². The molecule has 0 radical (unpaired) electrons. The highest BCUT2D eigenvalue weighted by atomic mass is 16.7. The van der Waals surface area contributed by atoms with Gasteiger partial charge in [0, 0.05) is 46.4 Å². The van der Waals surface area contributed by atoms with E-state index in [2.05, 4.69) is 9.97 Å². The summed E-state index contributed by atoms with van der Waals surface area (Å²) in [6.45, 7) is 0. The van der Waals surface area contributed by atoms with Gasteiger partial charge in [-0.3, -0.25) is 20.1 Å². The number of aromatic nitrogens is 2. The van der Waals surface area contributed by atoms with Gasteiger partial charge in [-0.1, -0.05) is 42.5 Å². The van der Waals surface area contributed by atoms with E-state index in [-0.39, 0.29) is 5.69 Å². The van der Waals surface area contributed by atoms with E-state index in [4.69, 9.17) is 9.47 Å². The second-order valence-corrected chi connectivity index (χ2v) is 7.45. The van der Waals surface area contributed by atoms with Gasteiger partial charge in [-0.25, -0.2) is 0 Å². The van der Waals surface area contributed by atoms with Crippen LogP contribution in [-0.2, 0) is 5.79 Å². The maximum absolute atomic E-state index is 11.2. The summed E-state index contributed by atoms with van der Waals surface area (Å²) >= 11 is 0. The van der Waals surface area contributed by atoms with Crippen LogP contribution in [0.2, 0.25) is 0 Å². The first kappa shape index (κ1) is 18.3. The van der Waals surface area contributed by atoms with Gasteiger partial charge in [-0.2, -0.15) is 0 Å². The van der Waals surface area contributed by atoms with Gasteiger partial charge in [0.2, 0.25) is 0 Å². The molecule has 7 heteroatoms. The van der Waals surface area contributed by atoms with Crippen LogP contribution in [0.15, 0.2) is 91.3 Å². The zero-order valence-corrected chi connectivity index (χ0v) is 16.6. The minimum atomic E-state index is -1.34. The van der Waals surface area contributed by atoms with E-state index in [1.807, 2.05) is 54.6 Å². The molecule has 0 atom stereocenters. The molecule has 0 N–H and O–H groups in total. The zero-order valence-electron chi connectivity index (χ0n) is 16.6. The number of hydrogen-bond acceptors (Lipinski definition) is 6. The van der Waals surface area contributed by atoms with Gasteiger partial charge in [0.25, 0.3) is 5.69 Å². The predicted octanol–water partition coefficient (Wildman–Crippen LogP) is 5.36. The van der Waals surface area contributed by atoms with Crippen molar-refractivity contribution < 1.29 is 14.4 Å². The zero-order chi connectivity index (χ0) is 21.7. The lowest BCUT2D eigenvalue weighted by molar-refractivity contribution is -0.384. The molecule has 3 aromatic carbocycles. The Bertz CT molecular complexity index is 1440. The van der Waals surface area contributed by atoms with Gasteiger partial charge in [0.05, 0.1) is 4.92 Å². The van der Waals surface area contributed by atoms with Crippen molar-refractivity contribution in [2.45, 2.75) is 5.79 Å². The number of non-ortho nitro benzene ring substituents is 1. The summed E-state index contributed by atoms with van der Waals surface area (Å²) in [4.78, 5) is 19.9. The summed E-state index contributed by atoms with van der Waals surface area (Å²) in [5.74, 6) is -0.349. The van der Waals surface area contributed by atoms with Crippen molar-refractivity contribution in [3.8, 4) is 11.5 Å². The highest BCUT2D eigenvalue weighted by molar-refractivity contribution is 6.11. The van der Waals surface area contributed by atoms with Crippen LogP contribution in [0.3, 0.4) is 0 Å². The fourth-order valence-corrected chi connectivity index (χ4v) is 4.18. The van der Waals surface area contributed by atoms with Crippen LogP contribution in [0.25, 0.3) is 21.8 Å². The minimum absolute atomic E-state index is 0.00768. The fraction of sp³-hybridized carbons (Fsp3) is 0.0400. The van der Waals surface area contributed by atoms with E-state index in [1.165, 1.54) is 12.1 Å². The Hall–Kier alpha value is -4.52. The first-order valence-corrected chi connectivity index (χ1v) is 10.0. The summed E-state index contributed by atoms with van der Waals surface area (Å²) in [7, 11) is 0. The first-order chi connectivity index (χ1) is 15.7. The highest BCUT2D eigenvalue weighted by Gasteiger charge is 2.47. The van der Waals surface area contributed by atoms with Gasteiger partial charge in [-0.05, 0) is 24.3 Å². The van der Waals surface area contributed by atoms with Gasteiger partial charge in [0.15, 0.2) is 11.5 Å². The number of nitrogens with zero attached hydrogens (tertiary/aromatic N) is 3. The molecule has 0 bridgehead atoms. The molecule has 0 amide bonds. The third-order valence-electron chi connectivity index (χ3n) is 5.65. The van der Waals surface area contributed by atoms with Crippen molar-refractivity contribution in [2.24, 2.45) is 0 Å². The average Bonchev–Trinajstić information content (AvgIpc) is 3.27. The monoisotopic (exact) mass is 421 g/mol. The van der Waals surface area contributed by atoms with Gasteiger partial charge >= 0.3 is 5.79 Å². The summed E-state index contributed by atoms with van der Waals surface area (Å²) in [6.07, 6.45) is 3.42. The van der Waals surface area contributed by atoms with E-state index in [0.29, 0.717) is 28.1 Å². The number of fused-ring (bicyclic) bond motifs is 6. The van der Waals surface area contributed by atoms with Gasteiger partial charge in [0.1, 0.15) is 11.0 Å². The third-order valence-corrected chi connectivity index (χ3v) is 5.65. The predicted molar refractivity (Wildman–Crippen MR) is 119 cm³/mol. The molecular formula is C25H15N3O4. The molecule has 0 fully saturated rings. The molecule has 1 aliphatic rings. The lowest BCUT2D eigenvalue weighted by atomic mass is 9.97. The van der Waals surface area contributed by atoms with E-state index < -0.39 is 10.7 Å². The molecule has 0 saturated heterocycles. The van der Waals surface area contributed by atoms with Gasteiger partial charge < -0.3 is 9.47 Å². The smallest absolute Gasteiger partial charge is 0.305 e. The maximum Gasteiger partial charge on any atom is 0.305 e. The molecule has 7 nitrogen and oxygen atoms in total. The molecule has 0 unspecified atom stereocenters. The standard InChI is InChI=1S/C25H15N3O4/c29-28(30)18-12-10-17(11-13-18)25(16-6-2-1-3-7-16)31-23-21-19(8-4-14-26-21)20-9-5-15-27-22(20)24(23)32-25/h1-15H. The lowest BCUT2D eigenvalue weighted by Gasteiger charge is -2.28. The topological polar surface area (TPSA) is 87.4 Å². The maximum atomic E-state index is 11.2. The first-order valence-electron chi connectivity index (χ1n) is 10.0. The number of ether oxygens (including phenoxy) is 2. The van der Waals surface area contributed by atoms with Gasteiger partial charge in [-0.15, -0.1) is 0 Å². The molecule has 6 rings (SSSR count). The highest BCUT2D eigenvalue weighted by Crippen LogP contribution is 2.53. The van der Waals surface area contributed by atoms with Crippen molar-refractivity contribution in [1.29, 1.82) is 0 Å². The molecule has 5 aromatic rings. The Labute approximate surface area is 182 Å². The van der Waals surface area contributed by atoms with E-state index >= 15 is 0 Å². The SMILES string of the molecule is O=[N+]([O-])c1ccc(C2(c3ccccc3)Oc3c(c4ncccc4c4cccnc34)O2)cc1. The summed E-state index contributed by atoms with van der Waals surface area (Å²) in [5, 5.41) is 13.0. The van der Waals surface area contributed by atoms with Crippen molar-refractivity contribution in [1.82, 2.24) is 9.97 Å². The molecule has 1 aliphatic heterocycles. The number of rotatable bonds is 3. The van der Waals surface area contributed by atoms with Crippen LogP contribution in [0, 0.1) is 10.1 Å². The molecule has 3 heterocycles. The molecule has 32 heavy (non-hydrogen) atoms. The summed E-state index contributed by atoms with van der Waals surface area (Å²) in [5.41, 5.74) is 2.70. The third kappa shape index (κ3) is 2.54. The molecular weight excluding hydrogens is 406 g/mol. The van der Waals surface area contributed by atoms with Crippen LogP contribution >= 0.6 is 0 Å². The summed E-state index contributed by atoms with van der Waals surface area (Å²) < 4.78 is 13.2. The fourth-order valence-electron chi connectivity index (χ4n) is 4.18. The second kappa shape index (κ2) is 6.75. The Kier molecular flexibility index (Phi) is 3.85. The Morgan fingerprint density at radius 3 is 1.75 bits per heavy atom. The normalized spacial score (nSPS) is 14.0. The molecule has 2 aromatic heterocycles. The number of benzene rings is 3. The van der Waals surface area contributed by atoms with Crippen LogP contribution in [-0.4, -0.2) is 14.9 Å². The number of pyridine rings is 2. The Morgan fingerprint density at radius 2 is 1.22 bits per heavy atom.